The van der Waals surface area contributed by atoms with Crippen molar-refractivity contribution in [3.05, 3.63) is 30.0 Å². The predicted octanol–water partition coefficient (Wildman–Crippen LogP) is 1.49. The van der Waals surface area contributed by atoms with Gasteiger partial charge >= 0.3 is 0 Å². The Hall–Kier alpha value is -1.77. The zero-order valence-electron chi connectivity index (χ0n) is 7.08. The lowest BCUT2D eigenvalue weighted by molar-refractivity contribution is -0.107. The number of carbonyl (C=O) groups excluding carboxylic acids is 1. The van der Waals surface area contributed by atoms with E-state index >= 15 is 0 Å². The number of nitrogens with two attached hydrogens (primary N) is 1. The highest BCUT2D eigenvalue weighted by Gasteiger charge is 2.02. The number of aldehydes is 1. The lowest BCUT2D eigenvalue weighted by Gasteiger charge is -1.94. The molecule has 0 aliphatic heterocycles. The first-order valence-corrected chi connectivity index (χ1v) is 4.10. The van der Waals surface area contributed by atoms with E-state index in [4.69, 9.17) is 5.73 Å². The largest absolute Gasteiger partial charge is 0.399 e. The van der Waals surface area contributed by atoms with Gasteiger partial charge in [-0.1, -0.05) is 6.07 Å². The average molecular weight is 174 g/mol. The van der Waals surface area contributed by atoms with E-state index in [1.54, 1.807) is 0 Å². The Bertz CT molecular complexity index is 445. The number of aromatic amines is 1. The molecule has 3 nitrogen and oxygen atoms in total. The molecule has 0 bridgehead atoms. The van der Waals surface area contributed by atoms with Crippen molar-refractivity contribution in [1.82, 2.24) is 4.98 Å². The number of hydrogen-bond donors (Lipinski definition) is 2. The summed E-state index contributed by atoms with van der Waals surface area (Å²) in [7, 11) is 0. The maximum atomic E-state index is 10.3. The van der Waals surface area contributed by atoms with Crippen molar-refractivity contribution in [2.75, 3.05) is 5.73 Å². The lowest BCUT2D eigenvalue weighted by Crippen LogP contribution is -1.84. The maximum absolute atomic E-state index is 10.3. The van der Waals surface area contributed by atoms with Gasteiger partial charge in [-0.25, -0.2) is 0 Å². The molecule has 1 aromatic heterocycles. The quantitative estimate of drug-likeness (QED) is 0.535. The van der Waals surface area contributed by atoms with Crippen LogP contribution in [0, 0.1) is 0 Å². The molecule has 66 valence electrons. The van der Waals surface area contributed by atoms with Crippen LogP contribution in [0.5, 0.6) is 0 Å². The van der Waals surface area contributed by atoms with Gasteiger partial charge < -0.3 is 15.5 Å². The molecular weight excluding hydrogens is 164 g/mol. The Balaban J connectivity index is 2.61. The molecule has 3 N–H and O–H groups in total. The summed E-state index contributed by atoms with van der Waals surface area (Å²) in [5.74, 6) is 0. The number of H-pyrrole nitrogens is 1. The van der Waals surface area contributed by atoms with E-state index < -0.39 is 0 Å². The van der Waals surface area contributed by atoms with Crippen LogP contribution in [0.1, 0.15) is 5.56 Å². The van der Waals surface area contributed by atoms with Crippen molar-refractivity contribution < 1.29 is 4.79 Å². The number of rotatable bonds is 2. The molecule has 2 aromatic rings. The number of fused-ring (bicyclic) bond motifs is 1. The van der Waals surface area contributed by atoms with Crippen LogP contribution in [-0.4, -0.2) is 11.3 Å². The second kappa shape index (κ2) is 2.94. The summed E-state index contributed by atoms with van der Waals surface area (Å²) in [4.78, 5) is 13.4. The van der Waals surface area contributed by atoms with Crippen LogP contribution in [0.2, 0.25) is 0 Å². The number of nitrogen functional groups attached to an aromatic ring is 1. The zero-order chi connectivity index (χ0) is 9.26. The Morgan fingerprint density at radius 3 is 3.08 bits per heavy atom. The van der Waals surface area contributed by atoms with Gasteiger partial charge in [-0.2, -0.15) is 0 Å². The van der Waals surface area contributed by atoms with Crippen molar-refractivity contribution in [2.24, 2.45) is 0 Å². The van der Waals surface area contributed by atoms with Crippen molar-refractivity contribution in [3.63, 3.8) is 0 Å². The number of nitrogens with one attached hydrogen (secondary N) is 1. The molecule has 0 aliphatic carbocycles. The minimum atomic E-state index is 0.448. The van der Waals surface area contributed by atoms with Crippen molar-refractivity contribution in [3.8, 4) is 0 Å². The summed E-state index contributed by atoms with van der Waals surface area (Å²) in [5.41, 5.74) is 8.35. The molecule has 3 heteroatoms. The van der Waals surface area contributed by atoms with Crippen LogP contribution in [0.25, 0.3) is 10.9 Å². The summed E-state index contributed by atoms with van der Waals surface area (Å²) < 4.78 is 0. The molecule has 2 rings (SSSR count). The summed E-state index contributed by atoms with van der Waals surface area (Å²) in [6, 6.07) is 5.63. The van der Waals surface area contributed by atoms with E-state index in [1.165, 1.54) is 0 Å². The first-order valence-electron chi connectivity index (χ1n) is 4.10. The Labute approximate surface area is 75.6 Å². The molecule has 1 heterocycles. The Kier molecular flexibility index (Phi) is 1.77. The van der Waals surface area contributed by atoms with E-state index in [-0.39, 0.29) is 0 Å². The summed E-state index contributed by atoms with van der Waals surface area (Å²) in [5, 5.41) is 1.07. The Morgan fingerprint density at radius 1 is 1.46 bits per heavy atom. The molecule has 13 heavy (non-hydrogen) atoms. The van der Waals surface area contributed by atoms with Crippen LogP contribution in [-0.2, 0) is 11.2 Å². The highest BCUT2D eigenvalue weighted by atomic mass is 16.1. The lowest BCUT2D eigenvalue weighted by atomic mass is 10.1. The van der Waals surface area contributed by atoms with Gasteiger partial charge in [0, 0.05) is 29.2 Å². The van der Waals surface area contributed by atoms with E-state index in [9.17, 15) is 4.79 Å². The number of aromatic nitrogens is 1. The first-order chi connectivity index (χ1) is 6.31. The fourth-order valence-electron chi connectivity index (χ4n) is 1.46. The van der Waals surface area contributed by atoms with Crippen LogP contribution in [0.4, 0.5) is 5.69 Å². The second-order valence-corrected chi connectivity index (χ2v) is 2.99. The molecule has 0 unspecified atom stereocenters. The molecule has 0 fully saturated rings. The van der Waals surface area contributed by atoms with Gasteiger partial charge in [0.25, 0.3) is 0 Å². The van der Waals surface area contributed by atoms with Gasteiger partial charge in [0.05, 0.1) is 0 Å². The molecule has 0 spiro atoms. The van der Waals surface area contributed by atoms with Crippen LogP contribution < -0.4 is 5.73 Å². The van der Waals surface area contributed by atoms with Gasteiger partial charge in [0.2, 0.25) is 0 Å². The summed E-state index contributed by atoms with van der Waals surface area (Å²) in [6.07, 6.45) is 3.20. The van der Waals surface area contributed by atoms with Gasteiger partial charge in [-0.15, -0.1) is 0 Å². The van der Waals surface area contributed by atoms with Crippen LogP contribution in [0.3, 0.4) is 0 Å². The number of anilines is 1. The molecule has 0 aliphatic rings. The minimum absolute atomic E-state index is 0.448. The molecule has 0 amide bonds. The second-order valence-electron chi connectivity index (χ2n) is 2.99. The monoisotopic (exact) mass is 174 g/mol. The fourth-order valence-corrected chi connectivity index (χ4v) is 1.46. The van der Waals surface area contributed by atoms with Crippen molar-refractivity contribution >= 4 is 22.9 Å². The third-order valence-corrected chi connectivity index (χ3v) is 2.09. The normalized spacial score (nSPS) is 10.5. The SMILES string of the molecule is Nc1ccc2c(CC=O)c[nH]c2c1. The van der Waals surface area contributed by atoms with Gasteiger partial charge in [0.1, 0.15) is 6.29 Å². The molecule has 0 saturated heterocycles. The summed E-state index contributed by atoms with van der Waals surface area (Å²) in [6.45, 7) is 0. The third kappa shape index (κ3) is 1.28. The minimum Gasteiger partial charge on any atom is -0.399 e. The fraction of sp³-hybridized carbons (Fsp3) is 0.100. The zero-order valence-corrected chi connectivity index (χ0v) is 7.08. The average Bonchev–Trinajstić information content (AvgIpc) is 2.49. The molecular formula is C10H10N2O. The first kappa shape index (κ1) is 7.86. The van der Waals surface area contributed by atoms with Crippen LogP contribution >= 0.6 is 0 Å². The molecule has 1 aromatic carbocycles. The van der Waals surface area contributed by atoms with E-state index in [1.807, 2.05) is 24.4 Å². The predicted molar refractivity (Wildman–Crippen MR) is 52.5 cm³/mol. The van der Waals surface area contributed by atoms with Crippen molar-refractivity contribution in [1.29, 1.82) is 0 Å². The highest BCUT2D eigenvalue weighted by molar-refractivity contribution is 5.87. The molecule has 0 radical (unpaired) electrons. The van der Waals surface area contributed by atoms with Crippen molar-refractivity contribution in [2.45, 2.75) is 6.42 Å². The Morgan fingerprint density at radius 2 is 2.31 bits per heavy atom. The van der Waals surface area contributed by atoms with E-state index in [2.05, 4.69) is 4.98 Å². The van der Waals surface area contributed by atoms with E-state index in [0.29, 0.717) is 6.42 Å². The van der Waals surface area contributed by atoms with E-state index in [0.717, 1.165) is 28.4 Å². The molecule has 0 atom stereocenters. The standard InChI is InChI=1S/C10H10N2O/c11-8-1-2-9-7(3-4-13)6-12-10(9)5-8/h1-2,4-6,12H,3,11H2. The van der Waals surface area contributed by atoms with Gasteiger partial charge in [0.15, 0.2) is 0 Å². The smallest absolute Gasteiger partial charge is 0.124 e. The number of hydrogen-bond acceptors (Lipinski definition) is 2. The van der Waals surface area contributed by atoms with Crippen LogP contribution in [0.15, 0.2) is 24.4 Å². The number of benzene rings is 1. The molecule has 0 saturated carbocycles. The van der Waals surface area contributed by atoms with Gasteiger partial charge in [-0.05, 0) is 17.7 Å². The highest BCUT2D eigenvalue weighted by Crippen LogP contribution is 2.20. The third-order valence-electron chi connectivity index (χ3n) is 2.09. The topological polar surface area (TPSA) is 58.9 Å². The van der Waals surface area contributed by atoms with Gasteiger partial charge in [-0.3, -0.25) is 0 Å². The maximum Gasteiger partial charge on any atom is 0.124 e. The summed E-state index contributed by atoms with van der Waals surface area (Å²) >= 11 is 0. The number of carbonyl (C=O) groups is 1.